The molecule has 0 N–H and O–H groups in total. The fourth-order valence-corrected chi connectivity index (χ4v) is 2.27. The number of hydrogen-bond donors (Lipinski definition) is 0. The number of furan rings is 1. The van der Waals surface area contributed by atoms with Crippen molar-refractivity contribution in [2.75, 3.05) is 0 Å². The molecule has 1 atom stereocenters. The molecular formula is C19H32O. The molecule has 20 heavy (non-hydrogen) atoms. The van der Waals surface area contributed by atoms with Gasteiger partial charge < -0.3 is 4.42 Å². The minimum absolute atomic E-state index is 0.652. The smallest absolute Gasteiger partial charge is 0.131 e. The maximum absolute atomic E-state index is 5.80. The summed E-state index contributed by atoms with van der Waals surface area (Å²) in [6, 6.07) is 0. The van der Waals surface area contributed by atoms with E-state index in [0.29, 0.717) is 5.92 Å². The van der Waals surface area contributed by atoms with E-state index < -0.39 is 0 Å². The molecule has 1 aromatic rings. The molecule has 0 aromatic carbocycles. The molecule has 0 fully saturated rings. The number of hydrogen-bond acceptors (Lipinski definition) is 1. The van der Waals surface area contributed by atoms with Crippen LogP contribution in [-0.2, 0) is 0 Å². The molecule has 2 aliphatic carbocycles. The van der Waals surface area contributed by atoms with Crippen LogP contribution in [0.2, 0.25) is 0 Å². The Balaban J connectivity index is 0.000000538. The van der Waals surface area contributed by atoms with Gasteiger partial charge in [-0.2, -0.15) is 0 Å². The van der Waals surface area contributed by atoms with Gasteiger partial charge in [-0.25, -0.2) is 0 Å². The fourth-order valence-electron chi connectivity index (χ4n) is 2.27. The quantitative estimate of drug-likeness (QED) is 0.708. The molecule has 1 unspecified atom stereocenters. The van der Waals surface area contributed by atoms with Crippen molar-refractivity contribution in [3.05, 3.63) is 21.3 Å². The number of fused-ring (bicyclic) bond motifs is 3. The summed E-state index contributed by atoms with van der Waals surface area (Å²) < 4.78 is 5.80. The highest BCUT2D eigenvalue weighted by molar-refractivity contribution is 5.43. The molecule has 0 saturated carbocycles. The second-order valence-electron chi connectivity index (χ2n) is 4.23. The lowest BCUT2D eigenvalue weighted by Gasteiger charge is -2.03. The normalized spacial score (nSPS) is 17.2. The molecule has 1 aromatic heterocycles. The summed E-state index contributed by atoms with van der Waals surface area (Å²) >= 11 is 0. The van der Waals surface area contributed by atoms with Crippen LogP contribution >= 0.6 is 0 Å². The Morgan fingerprint density at radius 3 is 2.00 bits per heavy atom. The van der Waals surface area contributed by atoms with Crippen molar-refractivity contribution in [3.63, 3.8) is 0 Å². The largest absolute Gasteiger partial charge is 0.457 e. The van der Waals surface area contributed by atoms with Gasteiger partial charge in [0.15, 0.2) is 0 Å². The first-order chi connectivity index (χ1) is 9.84. The zero-order valence-corrected chi connectivity index (χ0v) is 14.4. The Morgan fingerprint density at radius 1 is 0.800 bits per heavy atom. The van der Waals surface area contributed by atoms with Crippen molar-refractivity contribution in [3.8, 4) is 0 Å². The molecule has 1 heteroatoms. The zero-order valence-electron chi connectivity index (χ0n) is 14.4. The van der Waals surface area contributed by atoms with E-state index in [4.69, 9.17) is 4.42 Å². The summed E-state index contributed by atoms with van der Waals surface area (Å²) in [4.78, 5) is 0. The Hall–Kier alpha value is -1.24. The first-order valence-electron chi connectivity index (χ1n) is 8.36. The van der Waals surface area contributed by atoms with E-state index >= 15 is 0 Å². The van der Waals surface area contributed by atoms with Crippen LogP contribution in [-0.4, -0.2) is 0 Å². The molecule has 1 heterocycles. The summed E-state index contributed by atoms with van der Waals surface area (Å²) in [5.41, 5.74) is 2.17. The van der Waals surface area contributed by atoms with E-state index in [1.54, 1.807) is 0 Å². The third kappa shape index (κ3) is 4.40. The topological polar surface area (TPSA) is 13.1 Å². The van der Waals surface area contributed by atoms with Crippen molar-refractivity contribution in [2.45, 2.75) is 67.7 Å². The highest BCUT2D eigenvalue weighted by Gasteiger charge is 2.07. The van der Waals surface area contributed by atoms with Crippen LogP contribution in [0.4, 0.5) is 0 Å². The molecule has 0 spiro atoms. The second-order valence-corrected chi connectivity index (χ2v) is 4.23. The van der Waals surface area contributed by atoms with E-state index in [9.17, 15) is 0 Å². The summed E-state index contributed by atoms with van der Waals surface area (Å²) in [7, 11) is 0. The minimum Gasteiger partial charge on any atom is -0.457 e. The average Bonchev–Trinajstić information content (AvgIpc) is 2.91. The fraction of sp³-hybridized carbons (Fsp3) is 0.579. The van der Waals surface area contributed by atoms with E-state index in [1.807, 2.05) is 41.5 Å². The van der Waals surface area contributed by atoms with Gasteiger partial charge in [0.05, 0.1) is 0 Å². The molecule has 0 bridgehead atoms. The van der Waals surface area contributed by atoms with Crippen molar-refractivity contribution < 1.29 is 4.42 Å². The maximum atomic E-state index is 5.80. The average molecular weight is 276 g/mol. The van der Waals surface area contributed by atoms with Crippen LogP contribution in [0.15, 0.2) is 4.42 Å². The highest BCUT2D eigenvalue weighted by Crippen LogP contribution is 2.05. The molecular weight excluding hydrogens is 244 g/mol. The maximum Gasteiger partial charge on any atom is 0.131 e. The Kier molecular flexibility index (Phi) is 9.88. The lowest BCUT2D eigenvalue weighted by atomic mass is 10.0. The van der Waals surface area contributed by atoms with Crippen LogP contribution in [0.1, 0.15) is 67.7 Å². The molecule has 0 aliphatic heterocycles. The Bertz CT molecular complexity index is 587. The van der Waals surface area contributed by atoms with Crippen molar-refractivity contribution in [1.82, 2.24) is 0 Å². The summed E-state index contributed by atoms with van der Waals surface area (Å²) in [6.07, 6.45) is 12.5. The zero-order chi connectivity index (χ0) is 15.5. The molecule has 3 rings (SSSR count). The van der Waals surface area contributed by atoms with Gasteiger partial charge in [-0.05, 0) is 37.3 Å². The predicted octanol–water partition coefficient (Wildman–Crippen LogP) is 3.31. The van der Waals surface area contributed by atoms with Crippen LogP contribution in [0.3, 0.4) is 0 Å². The van der Waals surface area contributed by atoms with Crippen molar-refractivity contribution in [1.29, 1.82) is 0 Å². The summed E-state index contributed by atoms with van der Waals surface area (Å²) in [5, 5.41) is 2.66. The van der Waals surface area contributed by atoms with Gasteiger partial charge in [-0.3, -0.25) is 0 Å². The molecule has 0 radical (unpaired) electrons. The van der Waals surface area contributed by atoms with Gasteiger partial charge in [0.1, 0.15) is 10.8 Å². The lowest BCUT2D eigenvalue weighted by molar-refractivity contribution is 0.492. The second kappa shape index (κ2) is 10.5. The third-order valence-corrected chi connectivity index (χ3v) is 3.01. The summed E-state index contributed by atoms with van der Waals surface area (Å²) in [6.45, 7) is 14.3. The van der Waals surface area contributed by atoms with Crippen molar-refractivity contribution >= 4 is 24.3 Å². The molecule has 114 valence electrons. The van der Waals surface area contributed by atoms with Crippen LogP contribution < -0.4 is 21.3 Å². The predicted molar refractivity (Wildman–Crippen MR) is 92.1 cm³/mol. The van der Waals surface area contributed by atoms with Crippen LogP contribution in [0.5, 0.6) is 0 Å². The van der Waals surface area contributed by atoms with Crippen LogP contribution in [0, 0.1) is 5.92 Å². The highest BCUT2D eigenvalue weighted by atomic mass is 16.3. The Labute approximate surface area is 124 Å². The minimum atomic E-state index is 0.652. The van der Waals surface area contributed by atoms with Gasteiger partial charge >= 0.3 is 0 Å². The first kappa shape index (κ1) is 18.8. The van der Waals surface area contributed by atoms with Crippen molar-refractivity contribution in [2.24, 2.45) is 5.92 Å². The monoisotopic (exact) mass is 276 g/mol. The third-order valence-electron chi connectivity index (χ3n) is 3.01. The van der Waals surface area contributed by atoms with E-state index in [2.05, 4.69) is 31.2 Å². The SMILES string of the molecule is CC.CC.CC.CC1C=c2c(oc3c2=CCCC=3)=CC1. The first-order valence-corrected chi connectivity index (χ1v) is 8.36. The molecule has 1 nitrogen and oxygen atoms in total. The Morgan fingerprint density at radius 2 is 1.35 bits per heavy atom. The van der Waals surface area contributed by atoms with Gasteiger partial charge in [0.25, 0.3) is 0 Å². The molecule has 2 aliphatic rings. The lowest BCUT2D eigenvalue weighted by Crippen LogP contribution is -2.40. The molecule has 0 saturated heterocycles. The van der Waals surface area contributed by atoms with Gasteiger partial charge in [-0.15, -0.1) is 0 Å². The molecule has 0 amide bonds. The van der Waals surface area contributed by atoms with E-state index in [-0.39, 0.29) is 0 Å². The van der Waals surface area contributed by atoms with Crippen LogP contribution in [0.25, 0.3) is 24.3 Å². The van der Waals surface area contributed by atoms with Gasteiger partial charge in [0, 0.05) is 10.4 Å². The van der Waals surface area contributed by atoms with Gasteiger partial charge in [0.2, 0.25) is 0 Å². The van der Waals surface area contributed by atoms with Gasteiger partial charge in [-0.1, -0.05) is 60.6 Å². The van der Waals surface area contributed by atoms with E-state index in [0.717, 1.165) is 30.1 Å². The summed E-state index contributed by atoms with van der Waals surface area (Å²) in [5.74, 6) is 0.652. The van der Waals surface area contributed by atoms with E-state index in [1.165, 1.54) is 10.4 Å². The number of rotatable bonds is 0. The standard InChI is InChI=1S/C13H14O.3C2H6/c1-9-6-7-13-11(8-9)10-4-2-3-5-12(10)14-13;3*1-2/h4-5,7-9H,2-3,6H2,1H3;3*1-2H3.